The van der Waals surface area contributed by atoms with Crippen LogP contribution in [0.3, 0.4) is 0 Å². The molecule has 0 heterocycles. The summed E-state index contributed by atoms with van der Waals surface area (Å²) < 4.78 is 10.0. The average molecular weight is 291 g/mol. The molecule has 0 fully saturated rings. The second kappa shape index (κ2) is 8.79. The van der Waals surface area contributed by atoms with E-state index in [1.807, 2.05) is 32.0 Å². The van der Waals surface area contributed by atoms with E-state index in [4.69, 9.17) is 9.47 Å². The molecule has 0 saturated carbocycles. The van der Waals surface area contributed by atoms with Crippen molar-refractivity contribution in [2.45, 2.75) is 13.8 Å². The maximum absolute atomic E-state index is 11.5. The van der Waals surface area contributed by atoms with Gasteiger partial charge in [0.1, 0.15) is 5.75 Å². The van der Waals surface area contributed by atoms with Gasteiger partial charge in [-0.25, -0.2) is 4.79 Å². The molecule has 0 aliphatic heterocycles. The van der Waals surface area contributed by atoms with Crippen molar-refractivity contribution in [3.8, 4) is 5.75 Å². The van der Waals surface area contributed by atoms with Crippen molar-refractivity contribution in [1.82, 2.24) is 5.32 Å². The van der Waals surface area contributed by atoms with E-state index in [2.05, 4.69) is 5.32 Å². The third-order valence-electron chi connectivity index (χ3n) is 2.59. The molecule has 0 saturated heterocycles. The molecule has 1 aromatic carbocycles. The highest BCUT2D eigenvalue weighted by atomic mass is 16.5. The smallest absolute Gasteiger partial charge is 0.331 e. The minimum Gasteiger partial charge on any atom is -0.496 e. The molecule has 1 amide bonds. The number of rotatable bonds is 7. The third kappa shape index (κ3) is 6.61. The van der Waals surface area contributed by atoms with Crippen molar-refractivity contribution in [1.29, 1.82) is 0 Å². The summed E-state index contributed by atoms with van der Waals surface area (Å²) in [5.74, 6) is 0.148. The van der Waals surface area contributed by atoms with Crippen LogP contribution in [0.2, 0.25) is 0 Å². The topological polar surface area (TPSA) is 64.6 Å². The molecule has 0 spiro atoms. The molecule has 0 aliphatic carbocycles. The molecular weight excluding hydrogens is 270 g/mol. The van der Waals surface area contributed by atoms with Gasteiger partial charge < -0.3 is 14.8 Å². The van der Waals surface area contributed by atoms with Gasteiger partial charge in [0.05, 0.1) is 7.11 Å². The van der Waals surface area contributed by atoms with Crippen molar-refractivity contribution < 1.29 is 19.1 Å². The SMILES string of the molecule is COc1ccccc1/C=C/C(=O)OCC(=O)NCC(C)C. The number of nitrogens with one attached hydrogen (secondary N) is 1. The Kier molecular flexibility index (Phi) is 7.01. The lowest BCUT2D eigenvalue weighted by atomic mass is 10.2. The summed E-state index contributed by atoms with van der Waals surface area (Å²) in [7, 11) is 1.56. The Hall–Kier alpha value is -2.30. The lowest BCUT2D eigenvalue weighted by Crippen LogP contribution is -2.31. The zero-order valence-electron chi connectivity index (χ0n) is 12.6. The molecule has 21 heavy (non-hydrogen) atoms. The summed E-state index contributed by atoms with van der Waals surface area (Å²) in [5, 5.41) is 2.67. The van der Waals surface area contributed by atoms with Crippen LogP contribution in [0.25, 0.3) is 6.08 Å². The summed E-state index contributed by atoms with van der Waals surface area (Å²) in [6, 6.07) is 7.29. The largest absolute Gasteiger partial charge is 0.496 e. The number of para-hydroxylation sites is 1. The number of amides is 1. The van der Waals surface area contributed by atoms with E-state index in [0.29, 0.717) is 18.2 Å². The molecule has 0 unspecified atom stereocenters. The molecule has 1 N–H and O–H groups in total. The Morgan fingerprint density at radius 3 is 2.67 bits per heavy atom. The number of hydrogen-bond donors (Lipinski definition) is 1. The molecular formula is C16H21NO4. The second-order valence-corrected chi connectivity index (χ2v) is 4.88. The standard InChI is InChI=1S/C16H21NO4/c1-12(2)10-17-15(18)11-21-16(19)9-8-13-6-4-5-7-14(13)20-3/h4-9,12H,10-11H2,1-3H3,(H,17,18)/b9-8+. The molecule has 0 radical (unpaired) electrons. The predicted octanol–water partition coefficient (Wildman–Crippen LogP) is 2.02. The first-order valence-corrected chi connectivity index (χ1v) is 6.77. The van der Waals surface area contributed by atoms with Gasteiger partial charge in [0.15, 0.2) is 6.61 Å². The fraction of sp³-hybridized carbons (Fsp3) is 0.375. The average Bonchev–Trinajstić information content (AvgIpc) is 2.49. The number of methoxy groups -OCH3 is 1. The van der Waals surface area contributed by atoms with Gasteiger partial charge in [0, 0.05) is 18.2 Å². The van der Waals surface area contributed by atoms with Gasteiger partial charge in [-0.3, -0.25) is 4.79 Å². The van der Waals surface area contributed by atoms with E-state index in [9.17, 15) is 9.59 Å². The number of carbonyl (C=O) groups excluding carboxylic acids is 2. The van der Waals surface area contributed by atoms with Gasteiger partial charge >= 0.3 is 5.97 Å². The lowest BCUT2D eigenvalue weighted by Gasteiger charge is -2.07. The van der Waals surface area contributed by atoms with Crippen LogP contribution in [0.1, 0.15) is 19.4 Å². The van der Waals surface area contributed by atoms with Gasteiger partial charge in [-0.05, 0) is 18.1 Å². The first-order valence-electron chi connectivity index (χ1n) is 6.77. The van der Waals surface area contributed by atoms with Gasteiger partial charge in [0.2, 0.25) is 0 Å². The highest BCUT2D eigenvalue weighted by molar-refractivity contribution is 5.89. The first-order chi connectivity index (χ1) is 10.0. The lowest BCUT2D eigenvalue weighted by molar-refractivity contribution is -0.143. The van der Waals surface area contributed by atoms with Gasteiger partial charge in [-0.1, -0.05) is 32.0 Å². The van der Waals surface area contributed by atoms with Crippen molar-refractivity contribution in [2.75, 3.05) is 20.3 Å². The zero-order chi connectivity index (χ0) is 15.7. The quantitative estimate of drug-likeness (QED) is 0.616. The van der Waals surface area contributed by atoms with E-state index in [1.165, 1.54) is 6.08 Å². The van der Waals surface area contributed by atoms with E-state index in [-0.39, 0.29) is 12.5 Å². The van der Waals surface area contributed by atoms with Crippen LogP contribution in [-0.4, -0.2) is 32.1 Å². The van der Waals surface area contributed by atoms with Crippen molar-refractivity contribution in [3.63, 3.8) is 0 Å². The van der Waals surface area contributed by atoms with Crippen LogP contribution in [0.15, 0.2) is 30.3 Å². The number of benzene rings is 1. The molecule has 5 nitrogen and oxygen atoms in total. The summed E-state index contributed by atoms with van der Waals surface area (Å²) in [6.07, 6.45) is 2.86. The highest BCUT2D eigenvalue weighted by Gasteiger charge is 2.05. The Morgan fingerprint density at radius 2 is 2.00 bits per heavy atom. The number of hydrogen-bond acceptors (Lipinski definition) is 4. The zero-order valence-corrected chi connectivity index (χ0v) is 12.6. The van der Waals surface area contributed by atoms with E-state index < -0.39 is 5.97 Å². The van der Waals surface area contributed by atoms with E-state index in [1.54, 1.807) is 19.3 Å². The van der Waals surface area contributed by atoms with E-state index in [0.717, 1.165) is 5.56 Å². The van der Waals surface area contributed by atoms with Crippen LogP contribution in [0, 0.1) is 5.92 Å². The van der Waals surface area contributed by atoms with Crippen LogP contribution in [-0.2, 0) is 14.3 Å². The highest BCUT2D eigenvalue weighted by Crippen LogP contribution is 2.18. The molecule has 0 bridgehead atoms. The second-order valence-electron chi connectivity index (χ2n) is 4.88. The molecule has 0 atom stereocenters. The normalized spacial score (nSPS) is 10.7. The van der Waals surface area contributed by atoms with E-state index >= 15 is 0 Å². The fourth-order valence-corrected chi connectivity index (χ4v) is 1.52. The summed E-state index contributed by atoms with van der Waals surface area (Å²) in [6.45, 7) is 4.26. The number of esters is 1. The minimum absolute atomic E-state index is 0.276. The Bertz CT molecular complexity index is 509. The van der Waals surface area contributed by atoms with Crippen molar-refractivity contribution >= 4 is 18.0 Å². The van der Waals surface area contributed by atoms with Crippen LogP contribution in [0.5, 0.6) is 5.75 Å². The maximum Gasteiger partial charge on any atom is 0.331 e. The van der Waals surface area contributed by atoms with Crippen LogP contribution < -0.4 is 10.1 Å². The summed E-state index contributed by atoms with van der Waals surface area (Å²) in [4.78, 5) is 22.9. The number of ether oxygens (including phenoxy) is 2. The molecule has 114 valence electrons. The monoisotopic (exact) mass is 291 g/mol. The molecule has 1 rings (SSSR count). The summed E-state index contributed by atoms with van der Waals surface area (Å²) in [5.41, 5.74) is 0.765. The van der Waals surface area contributed by atoms with Gasteiger partial charge in [0.25, 0.3) is 5.91 Å². The predicted molar refractivity (Wildman–Crippen MR) is 80.8 cm³/mol. The van der Waals surface area contributed by atoms with Crippen molar-refractivity contribution in [3.05, 3.63) is 35.9 Å². The van der Waals surface area contributed by atoms with Gasteiger partial charge in [-0.2, -0.15) is 0 Å². The molecule has 1 aromatic rings. The summed E-state index contributed by atoms with van der Waals surface area (Å²) >= 11 is 0. The first kappa shape index (κ1) is 16.8. The molecule has 5 heteroatoms. The number of carbonyl (C=O) groups is 2. The maximum atomic E-state index is 11.5. The molecule has 0 aromatic heterocycles. The minimum atomic E-state index is -0.569. The van der Waals surface area contributed by atoms with Crippen LogP contribution in [0.4, 0.5) is 0 Å². The molecule has 0 aliphatic rings. The Labute approximate surface area is 124 Å². The van der Waals surface area contributed by atoms with Crippen LogP contribution >= 0.6 is 0 Å². The Balaban J connectivity index is 2.43. The van der Waals surface area contributed by atoms with Crippen molar-refractivity contribution in [2.24, 2.45) is 5.92 Å². The van der Waals surface area contributed by atoms with Gasteiger partial charge in [-0.15, -0.1) is 0 Å². The fourth-order valence-electron chi connectivity index (χ4n) is 1.52. The Morgan fingerprint density at radius 1 is 1.29 bits per heavy atom. The third-order valence-corrected chi connectivity index (χ3v) is 2.59.